The molecular weight excluding hydrogens is 466 g/mol. The van der Waals surface area contributed by atoms with E-state index in [4.69, 9.17) is 9.47 Å². The van der Waals surface area contributed by atoms with Crippen LogP contribution < -0.4 is 15.6 Å². The highest BCUT2D eigenvalue weighted by Gasteiger charge is 2.21. The number of aromatic nitrogens is 2. The van der Waals surface area contributed by atoms with Crippen molar-refractivity contribution in [1.82, 2.24) is 14.9 Å². The van der Waals surface area contributed by atoms with Crippen molar-refractivity contribution in [2.24, 2.45) is 5.92 Å². The molecular formula is C30H35N3O4. The zero-order valence-corrected chi connectivity index (χ0v) is 22.2. The largest absolute Gasteiger partial charge is 0.491 e. The van der Waals surface area contributed by atoms with Crippen LogP contribution in [0.1, 0.15) is 46.6 Å². The van der Waals surface area contributed by atoms with Crippen LogP contribution >= 0.6 is 0 Å². The molecule has 0 saturated heterocycles. The van der Waals surface area contributed by atoms with Crippen LogP contribution in [-0.4, -0.2) is 33.9 Å². The van der Waals surface area contributed by atoms with E-state index < -0.39 is 11.7 Å². The first-order chi connectivity index (χ1) is 17.6. The van der Waals surface area contributed by atoms with Gasteiger partial charge in [0.25, 0.3) is 5.56 Å². The number of fused-ring (bicyclic) bond motifs is 3. The molecule has 0 aliphatic carbocycles. The molecule has 7 heteroatoms. The first kappa shape index (κ1) is 26.2. The maximum Gasteiger partial charge on any atom is 0.407 e. The van der Waals surface area contributed by atoms with Crippen molar-refractivity contribution >= 4 is 27.8 Å². The molecule has 2 aromatic heterocycles. The van der Waals surface area contributed by atoms with Crippen LogP contribution in [-0.2, 0) is 11.3 Å². The minimum absolute atomic E-state index is 0.0964. The van der Waals surface area contributed by atoms with Crippen LogP contribution in [0.5, 0.6) is 5.75 Å². The van der Waals surface area contributed by atoms with E-state index in [9.17, 15) is 9.59 Å². The Balaban J connectivity index is 1.66. The monoisotopic (exact) mass is 501 g/mol. The molecule has 0 radical (unpaired) electrons. The topological polar surface area (TPSA) is 82.5 Å². The number of amides is 1. The Hall–Kier alpha value is -3.87. The van der Waals surface area contributed by atoms with Gasteiger partial charge in [0.1, 0.15) is 18.0 Å². The molecule has 0 aliphatic heterocycles. The number of nitrogens with zero attached hydrogens (tertiary/aromatic N) is 2. The molecule has 194 valence electrons. The van der Waals surface area contributed by atoms with Gasteiger partial charge in [-0.2, -0.15) is 0 Å². The minimum atomic E-state index is -0.577. The molecule has 1 amide bonds. The summed E-state index contributed by atoms with van der Waals surface area (Å²) in [6.07, 6.45) is 3.61. The van der Waals surface area contributed by atoms with Gasteiger partial charge in [0.05, 0.1) is 23.5 Å². The first-order valence-electron chi connectivity index (χ1n) is 12.7. The summed E-state index contributed by atoms with van der Waals surface area (Å²) >= 11 is 0. The third-order valence-corrected chi connectivity index (χ3v) is 5.96. The zero-order chi connectivity index (χ0) is 26.6. The standard InChI is InChI=1S/C30H35N3O4/c1-20(2)15-22(32-29(35)37-30(3,4)5)19-36-23-11-12-25-24-13-14-31-17-26(24)28(34)33(27(25)16-23)18-21-9-7-6-8-10-21/h6-14,16-17,20,22H,15,18-19H2,1-5H3,(H,32,35)/t22-/m0/s1. The van der Waals surface area contributed by atoms with Gasteiger partial charge in [0.15, 0.2) is 0 Å². The second-order valence-corrected chi connectivity index (χ2v) is 10.8. The highest BCUT2D eigenvalue weighted by atomic mass is 16.6. The molecule has 0 saturated carbocycles. The summed E-state index contributed by atoms with van der Waals surface area (Å²) in [5.74, 6) is 0.984. The third kappa shape index (κ3) is 6.67. The maximum atomic E-state index is 13.5. The van der Waals surface area contributed by atoms with Crippen LogP contribution in [0.25, 0.3) is 21.7 Å². The van der Waals surface area contributed by atoms with E-state index in [0.29, 0.717) is 23.6 Å². The number of carbonyl (C=O) groups is 1. The van der Waals surface area contributed by atoms with Crippen molar-refractivity contribution in [2.45, 2.75) is 59.2 Å². The van der Waals surface area contributed by atoms with Gasteiger partial charge in [0.2, 0.25) is 0 Å². The second-order valence-electron chi connectivity index (χ2n) is 10.8. The average molecular weight is 502 g/mol. The molecule has 4 aromatic rings. The first-order valence-corrected chi connectivity index (χ1v) is 12.7. The lowest BCUT2D eigenvalue weighted by Gasteiger charge is -2.25. The summed E-state index contributed by atoms with van der Waals surface area (Å²) in [5.41, 5.74) is 1.14. The molecule has 0 unspecified atom stereocenters. The number of hydrogen-bond donors (Lipinski definition) is 1. The fourth-order valence-electron chi connectivity index (χ4n) is 4.44. The Morgan fingerprint density at radius 3 is 2.49 bits per heavy atom. The van der Waals surface area contributed by atoms with Gasteiger partial charge in [-0.05, 0) is 62.3 Å². The van der Waals surface area contributed by atoms with E-state index in [0.717, 1.165) is 28.3 Å². The summed E-state index contributed by atoms with van der Waals surface area (Å²) in [7, 11) is 0. The lowest BCUT2D eigenvalue weighted by atomic mass is 10.0. The molecule has 1 N–H and O–H groups in total. The number of rotatable bonds is 8. The van der Waals surface area contributed by atoms with Crippen LogP contribution in [0.3, 0.4) is 0 Å². The van der Waals surface area contributed by atoms with Crippen molar-refractivity contribution in [3.05, 3.63) is 82.9 Å². The predicted molar refractivity (Wildman–Crippen MR) is 147 cm³/mol. The number of ether oxygens (including phenoxy) is 2. The highest BCUT2D eigenvalue weighted by molar-refractivity contribution is 6.05. The number of carbonyl (C=O) groups excluding carboxylic acids is 1. The van der Waals surface area contributed by atoms with Gasteiger partial charge in [-0.25, -0.2) is 4.79 Å². The molecule has 2 aromatic carbocycles. The average Bonchev–Trinajstić information content (AvgIpc) is 2.84. The summed E-state index contributed by atoms with van der Waals surface area (Å²) in [5, 5.41) is 5.33. The van der Waals surface area contributed by atoms with Gasteiger partial charge < -0.3 is 19.4 Å². The summed E-state index contributed by atoms with van der Waals surface area (Å²) in [4.78, 5) is 30.1. The zero-order valence-electron chi connectivity index (χ0n) is 22.2. The van der Waals surface area contributed by atoms with Gasteiger partial charge in [-0.3, -0.25) is 9.78 Å². The highest BCUT2D eigenvalue weighted by Crippen LogP contribution is 2.27. The van der Waals surface area contributed by atoms with Crippen molar-refractivity contribution < 1.29 is 14.3 Å². The Kier molecular flexibility index (Phi) is 7.81. The van der Waals surface area contributed by atoms with Gasteiger partial charge >= 0.3 is 6.09 Å². The Labute approximate surface area is 217 Å². The number of alkyl carbamates (subject to hydrolysis) is 1. The van der Waals surface area contributed by atoms with E-state index in [1.54, 1.807) is 17.0 Å². The van der Waals surface area contributed by atoms with Crippen LogP contribution in [0.15, 0.2) is 71.8 Å². The molecule has 4 rings (SSSR count). The molecule has 37 heavy (non-hydrogen) atoms. The smallest absolute Gasteiger partial charge is 0.407 e. The molecule has 0 spiro atoms. The van der Waals surface area contributed by atoms with Crippen LogP contribution in [0, 0.1) is 5.92 Å². The van der Waals surface area contributed by atoms with E-state index in [1.807, 2.05) is 75.4 Å². The lowest BCUT2D eigenvalue weighted by Crippen LogP contribution is -2.42. The fraction of sp³-hybridized carbons (Fsp3) is 0.367. The predicted octanol–water partition coefficient (Wildman–Crippen LogP) is 5.92. The van der Waals surface area contributed by atoms with E-state index in [1.165, 1.54) is 0 Å². The van der Waals surface area contributed by atoms with Crippen LogP contribution in [0.4, 0.5) is 4.79 Å². The Bertz CT molecular complexity index is 1440. The molecule has 2 heterocycles. The van der Waals surface area contributed by atoms with Gasteiger partial charge in [-0.1, -0.05) is 44.2 Å². The number of hydrogen-bond acceptors (Lipinski definition) is 5. The maximum absolute atomic E-state index is 13.5. The SMILES string of the molecule is CC(C)C[C@@H](COc1ccc2c3ccncc3c(=O)n(Cc3ccccc3)c2c1)NC(=O)OC(C)(C)C. The Morgan fingerprint density at radius 2 is 1.78 bits per heavy atom. The van der Waals surface area contributed by atoms with Crippen molar-refractivity contribution in [2.75, 3.05) is 6.61 Å². The van der Waals surface area contributed by atoms with Crippen molar-refractivity contribution in [3.63, 3.8) is 0 Å². The van der Waals surface area contributed by atoms with E-state index in [2.05, 4.69) is 24.1 Å². The summed E-state index contributed by atoms with van der Waals surface area (Å²) < 4.78 is 13.4. The fourth-order valence-corrected chi connectivity index (χ4v) is 4.44. The van der Waals surface area contributed by atoms with E-state index >= 15 is 0 Å². The van der Waals surface area contributed by atoms with Gasteiger partial charge in [0, 0.05) is 23.8 Å². The van der Waals surface area contributed by atoms with Gasteiger partial charge in [-0.15, -0.1) is 0 Å². The molecule has 0 aliphatic rings. The normalized spacial score (nSPS) is 12.6. The quantitative estimate of drug-likeness (QED) is 0.303. The Morgan fingerprint density at radius 1 is 1.03 bits per heavy atom. The minimum Gasteiger partial charge on any atom is -0.491 e. The van der Waals surface area contributed by atoms with Crippen molar-refractivity contribution in [1.29, 1.82) is 0 Å². The molecule has 1 atom stereocenters. The number of pyridine rings is 2. The van der Waals surface area contributed by atoms with E-state index in [-0.39, 0.29) is 18.2 Å². The molecule has 0 bridgehead atoms. The molecule has 7 nitrogen and oxygen atoms in total. The third-order valence-electron chi connectivity index (χ3n) is 5.96. The summed E-state index contributed by atoms with van der Waals surface area (Å²) in [6.45, 7) is 10.4. The summed E-state index contributed by atoms with van der Waals surface area (Å²) in [6, 6.07) is 17.3. The van der Waals surface area contributed by atoms with Crippen molar-refractivity contribution in [3.8, 4) is 5.75 Å². The number of nitrogens with one attached hydrogen (secondary N) is 1. The lowest BCUT2D eigenvalue weighted by molar-refractivity contribution is 0.0480. The number of benzene rings is 2. The second kappa shape index (κ2) is 11.0. The molecule has 0 fully saturated rings. The van der Waals surface area contributed by atoms with Crippen LogP contribution in [0.2, 0.25) is 0 Å².